The third-order valence-corrected chi connectivity index (χ3v) is 8.71. The van der Waals surface area contributed by atoms with Crippen LogP contribution in [0.5, 0.6) is 5.75 Å². The van der Waals surface area contributed by atoms with Crippen molar-refractivity contribution >= 4 is 5.69 Å². The molecule has 0 unspecified atom stereocenters. The molecule has 1 aromatic carbocycles. The maximum absolute atomic E-state index is 15.3. The fourth-order valence-electron chi connectivity index (χ4n) is 6.26. The number of pyridine rings is 1. The lowest BCUT2D eigenvalue weighted by Gasteiger charge is -2.40. The standard InChI is InChI=1S/C31H39F2N7O/c1-2-38-9-11-39(12-10-38)20-21-3-6-24(35-18-21)17-29-36-19-27(33)30(37-29)22-15-26(32)31-28(16-22)40(13-14-41-31)25-7-4-23(34)5-8-25/h3,6,15-16,18-19,23,25H,2,4-5,7-14,17,20,34H2,1H3. The maximum atomic E-state index is 15.3. The first-order valence-corrected chi connectivity index (χ1v) is 14.9. The highest BCUT2D eigenvalue weighted by atomic mass is 19.1. The van der Waals surface area contributed by atoms with Crippen LogP contribution in [0.2, 0.25) is 0 Å². The number of anilines is 1. The quantitative estimate of drug-likeness (QED) is 0.462. The third kappa shape index (κ3) is 6.34. The van der Waals surface area contributed by atoms with Crippen molar-refractivity contribution in [2.24, 2.45) is 5.73 Å². The fraction of sp³-hybridized carbons (Fsp3) is 0.516. The Kier molecular flexibility index (Phi) is 8.41. The van der Waals surface area contributed by atoms with E-state index in [0.717, 1.165) is 82.4 Å². The van der Waals surface area contributed by atoms with Crippen molar-refractivity contribution in [3.05, 3.63) is 65.4 Å². The van der Waals surface area contributed by atoms with E-state index in [1.807, 2.05) is 12.3 Å². The first-order chi connectivity index (χ1) is 20.0. The molecule has 10 heteroatoms. The molecule has 4 heterocycles. The molecule has 1 saturated carbocycles. The Labute approximate surface area is 240 Å². The van der Waals surface area contributed by atoms with Crippen molar-refractivity contribution in [2.45, 2.75) is 57.7 Å². The van der Waals surface area contributed by atoms with Gasteiger partial charge in [-0.05, 0) is 56.0 Å². The van der Waals surface area contributed by atoms with Gasteiger partial charge in [0.25, 0.3) is 0 Å². The summed E-state index contributed by atoms with van der Waals surface area (Å²) in [5.74, 6) is -0.444. The number of piperazine rings is 1. The summed E-state index contributed by atoms with van der Waals surface area (Å²) in [7, 11) is 0. The number of nitrogens with zero attached hydrogens (tertiary/aromatic N) is 6. The van der Waals surface area contributed by atoms with Crippen LogP contribution in [-0.2, 0) is 13.0 Å². The molecule has 0 bridgehead atoms. The van der Waals surface area contributed by atoms with E-state index >= 15 is 8.78 Å². The molecule has 2 fully saturated rings. The predicted octanol–water partition coefficient (Wildman–Crippen LogP) is 4.01. The van der Waals surface area contributed by atoms with E-state index in [9.17, 15) is 0 Å². The second-order valence-corrected chi connectivity index (χ2v) is 11.4. The summed E-state index contributed by atoms with van der Waals surface area (Å²) in [5, 5.41) is 0. The van der Waals surface area contributed by atoms with Gasteiger partial charge in [0.1, 0.15) is 18.1 Å². The fourth-order valence-corrected chi connectivity index (χ4v) is 6.26. The number of aromatic nitrogens is 3. The summed E-state index contributed by atoms with van der Waals surface area (Å²) in [4.78, 5) is 20.5. The molecule has 1 saturated heterocycles. The van der Waals surface area contributed by atoms with Crippen LogP contribution in [0.25, 0.3) is 11.3 Å². The molecule has 2 N–H and O–H groups in total. The average molecular weight is 564 g/mol. The highest BCUT2D eigenvalue weighted by molar-refractivity contribution is 5.72. The molecule has 2 aromatic heterocycles. The van der Waals surface area contributed by atoms with Gasteiger partial charge < -0.3 is 20.3 Å². The molecule has 0 spiro atoms. The molecule has 41 heavy (non-hydrogen) atoms. The second kappa shape index (κ2) is 12.3. The van der Waals surface area contributed by atoms with E-state index in [2.05, 4.69) is 42.6 Å². The van der Waals surface area contributed by atoms with Gasteiger partial charge in [-0.15, -0.1) is 0 Å². The average Bonchev–Trinajstić information content (AvgIpc) is 3.00. The van der Waals surface area contributed by atoms with E-state index in [0.29, 0.717) is 36.6 Å². The summed E-state index contributed by atoms with van der Waals surface area (Å²) < 4.78 is 36.0. The van der Waals surface area contributed by atoms with Gasteiger partial charge in [-0.1, -0.05) is 13.0 Å². The van der Waals surface area contributed by atoms with Crippen LogP contribution in [0.1, 0.15) is 49.7 Å². The second-order valence-electron chi connectivity index (χ2n) is 11.4. The number of halogens is 2. The lowest BCUT2D eigenvalue weighted by molar-refractivity contribution is 0.132. The molecule has 3 aromatic rings. The highest BCUT2D eigenvalue weighted by Crippen LogP contribution is 2.41. The molecule has 8 nitrogen and oxygen atoms in total. The molecule has 0 radical (unpaired) electrons. The zero-order valence-corrected chi connectivity index (χ0v) is 23.7. The molecule has 3 aliphatic rings. The number of hydrogen-bond acceptors (Lipinski definition) is 8. The van der Waals surface area contributed by atoms with Crippen LogP contribution in [0.15, 0.2) is 36.7 Å². The summed E-state index contributed by atoms with van der Waals surface area (Å²) in [6.45, 7) is 9.56. The number of likely N-dealkylation sites (N-methyl/N-ethyl adjacent to an activating group) is 1. The van der Waals surface area contributed by atoms with Crippen LogP contribution in [0.3, 0.4) is 0 Å². The van der Waals surface area contributed by atoms with Crippen molar-refractivity contribution in [3.63, 3.8) is 0 Å². The van der Waals surface area contributed by atoms with Crippen molar-refractivity contribution < 1.29 is 13.5 Å². The zero-order chi connectivity index (χ0) is 28.3. The van der Waals surface area contributed by atoms with E-state index in [4.69, 9.17) is 10.5 Å². The lowest BCUT2D eigenvalue weighted by Crippen LogP contribution is -2.45. The van der Waals surface area contributed by atoms with Crippen LogP contribution in [-0.4, -0.2) is 82.7 Å². The Morgan fingerprint density at radius 1 is 0.927 bits per heavy atom. The highest BCUT2D eigenvalue weighted by Gasteiger charge is 2.31. The van der Waals surface area contributed by atoms with Crippen LogP contribution < -0.4 is 15.4 Å². The van der Waals surface area contributed by atoms with Gasteiger partial charge in [0, 0.05) is 62.3 Å². The minimum atomic E-state index is -0.591. The monoisotopic (exact) mass is 563 g/mol. The molecule has 0 atom stereocenters. The van der Waals surface area contributed by atoms with E-state index in [1.54, 1.807) is 6.07 Å². The normalized spacial score (nSPS) is 21.9. The molecular weight excluding hydrogens is 524 g/mol. The van der Waals surface area contributed by atoms with Gasteiger partial charge in [-0.25, -0.2) is 18.7 Å². The Morgan fingerprint density at radius 2 is 1.71 bits per heavy atom. The summed E-state index contributed by atoms with van der Waals surface area (Å²) in [6.07, 6.45) is 7.18. The van der Waals surface area contributed by atoms with Crippen molar-refractivity contribution in [1.82, 2.24) is 24.8 Å². The van der Waals surface area contributed by atoms with Crippen molar-refractivity contribution in [2.75, 3.05) is 50.8 Å². The van der Waals surface area contributed by atoms with Crippen molar-refractivity contribution in [3.8, 4) is 17.0 Å². The van der Waals surface area contributed by atoms with Crippen LogP contribution in [0.4, 0.5) is 14.5 Å². The molecule has 1 aliphatic carbocycles. The number of hydrogen-bond donors (Lipinski definition) is 1. The maximum Gasteiger partial charge on any atom is 0.178 e. The van der Waals surface area contributed by atoms with E-state index in [-0.39, 0.29) is 23.5 Å². The van der Waals surface area contributed by atoms with Gasteiger partial charge in [-0.2, -0.15) is 0 Å². The topological polar surface area (TPSA) is 83.6 Å². The molecular formula is C31H39F2N7O. The largest absolute Gasteiger partial charge is 0.486 e. The van der Waals surface area contributed by atoms with Crippen LogP contribution >= 0.6 is 0 Å². The number of fused-ring (bicyclic) bond motifs is 1. The predicted molar refractivity (Wildman–Crippen MR) is 155 cm³/mol. The smallest absolute Gasteiger partial charge is 0.178 e. The number of rotatable bonds is 7. The lowest BCUT2D eigenvalue weighted by atomic mass is 9.90. The van der Waals surface area contributed by atoms with Gasteiger partial charge in [0.05, 0.1) is 24.8 Å². The zero-order valence-electron chi connectivity index (χ0n) is 23.7. The summed E-state index contributed by atoms with van der Waals surface area (Å²) in [6, 6.07) is 7.65. The van der Waals surface area contributed by atoms with E-state index < -0.39 is 11.6 Å². The molecule has 218 valence electrons. The first-order valence-electron chi connectivity index (χ1n) is 14.9. The Bertz CT molecular complexity index is 1340. The van der Waals surface area contributed by atoms with Crippen molar-refractivity contribution in [1.29, 1.82) is 0 Å². The SMILES string of the molecule is CCN1CCN(Cc2ccc(Cc3ncc(F)c(-c4cc(F)c5c(c4)N(C4CCC(N)CC4)CCO5)n3)nc2)CC1. The summed E-state index contributed by atoms with van der Waals surface area (Å²) in [5.41, 5.74) is 9.18. The minimum absolute atomic E-state index is 0.0794. The third-order valence-electron chi connectivity index (χ3n) is 8.71. The Hall–Kier alpha value is -3.21. The molecule has 2 aliphatic heterocycles. The number of nitrogens with two attached hydrogens (primary N) is 1. The molecule has 6 rings (SSSR count). The van der Waals surface area contributed by atoms with E-state index in [1.165, 1.54) is 6.07 Å². The Balaban J connectivity index is 1.18. The van der Waals surface area contributed by atoms with Crippen LogP contribution in [0, 0.1) is 11.6 Å². The number of benzene rings is 1. The number of ether oxygens (including phenoxy) is 1. The van der Waals surface area contributed by atoms with Gasteiger partial charge in [-0.3, -0.25) is 9.88 Å². The van der Waals surface area contributed by atoms with Gasteiger partial charge in [0.2, 0.25) is 0 Å². The summed E-state index contributed by atoms with van der Waals surface area (Å²) >= 11 is 0. The van der Waals surface area contributed by atoms with Gasteiger partial charge >= 0.3 is 0 Å². The molecule has 0 amide bonds. The van der Waals surface area contributed by atoms with Gasteiger partial charge in [0.15, 0.2) is 17.4 Å². The minimum Gasteiger partial charge on any atom is -0.486 e. The Morgan fingerprint density at radius 3 is 2.44 bits per heavy atom. The first kappa shape index (κ1) is 27.9.